The van der Waals surface area contributed by atoms with Crippen LogP contribution in [-0.2, 0) is 62.3 Å². The van der Waals surface area contributed by atoms with Crippen LogP contribution >= 0.6 is 0 Å². The standard InChI is InChI=1S/C90H92N6O19/c1-10-54(2)109-83-44-32-66(53-85(83)111-88-22-16-17-47-108-88)90(104)64-30-42-81-73(51-64)71-49-62(28-40-79(71)96(81)68-35-25-60(26-36-68)77(94-115-58(6)100)38-46-87(102)107-9)75(92-113-56(4)98)21-15-14-20-74(91-112-55(3)97)61-27-39-78-70(48-61)72-50-63(89(103)65-31-43-82(105-7)84(52-65)110-69-18-12-11-13-19-69)29-41-80(72)95(78)67-33-23-59(24-34-67)76(93-114-57(5)99)37-45-86(101)106-8/h23-36,39-44,48-54,69,88H,10-22,37-38,45-47H2,1-9H3/b91-74-,92-75-,93-76+,94-77+. The van der Waals surface area contributed by atoms with Crippen molar-refractivity contribution >= 4 is 114 Å². The molecule has 1 aliphatic heterocycles. The van der Waals surface area contributed by atoms with Gasteiger partial charge in [-0.15, -0.1) is 0 Å². The highest BCUT2D eigenvalue weighted by atomic mass is 16.7. The minimum atomic E-state index is -0.643. The molecule has 1 aliphatic carbocycles. The van der Waals surface area contributed by atoms with Crippen LogP contribution in [0, 0.1) is 0 Å². The van der Waals surface area contributed by atoms with E-state index >= 15 is 0 Å². The first-order chi connectivity index (χ1) is 55.7. The summed E-state index contributed by atoms with van der Waals surface area (Å²) in [6.07, 6.45) is 9.36. The molecule has 3 heterocycles. The van der Waals surface area contributed by atoms with Gasteiger partial charge in [-0.25, -0.2) is 19.2 Å². The minimum Gasteiger partial charge on any atom is -0.493 e. The average molecular weight is 1560 g/mol. The van der Waals surface area contributed by atoms with Crippen LogP contribution in [0.3, 0.4) is 0 Å². The fourth-order valence-electron chi connectivity index (χ4n) is 14.2. The first kappa shape index (κ1) is 81.8. The topological polar surface area (TPSA) is 297 Å². The van der Waals surface area contributed by atoms with Crippen molar-refractivity contribution in [3.8, 4) is 34.4 Å². The van der Waals surface area contributed by atoms with Crippen molar-refractivity contribution < 1.29 is 90.9 Å². The molecule has 10 aromatic rings. The highest BCUT2D eigenvalue weighted by Crippen LogP contribution is 2.40. The van der Waals surface area contributed by atoms with E-state index in [0.29, 0.717) is 133 Å². The SMILES string of the molecule is CCC(C)Oc1ccc(C(=O)c2ccc3c(c2)c2cc(/C(CCCC/C(=N/OC(C)=O)c4ccc5c(c4)c4cc(C(=O)c6ccc(OC)c(OC7CCCCC7)c6)ccc4n5-c4ccc(/C(CCC(=O)OC)=N/OC(C)=O)cc4)=N\OC(C)=O)ccc2n3-c2ccc(/C(CCC(=O)OC)=N/OC(C)=O)cc2)cc1OC1CCCCO1. The summed E-state index contributed by atoms with van der Waals surface area (Å²) in [6.45, 7) is 9.55. The van der Waals surface area contributed by atoms with E-state index in [2.05, 4.69) is 25.2 Å². The molecule has 8 aromatic carbocycles. The Kier molecular flexibility index (Phi) is 27.2. The van der Waals surface area contributed by atoms with E-state index in [1.807, 2.05) is 128 Å². The lowest BCUT2D eigenvalue weighted by Crippen LogP contribution is -2.25. The monoisotopic (exact) mass is 1560 g/mol. The van der Waals surface area contributed by atoms with Gasteiger partial charge >= 0.3 is 35.8 Å². The number of carbonyl (C=O) groups is 8. The van der Waals surface area contributed by atoms with E-state index in [1.54, 1.807) is 55.6 Å². The molecule has 0 amide bonds. The molecule has 1 saturated heterocycles. The first-order valence-electron chi connectivity index (χ1n) is 38.7. The first-order valence-corrected chi connectivity index (χ1v) is 38.7. The van der Waals surface area contributed by atoms with Crippen LogP contribution in [0.15, 0.2) is 178 Å². The van der Waals surface area contributed by atoms with Gasteiger partial charge in [0, 0.05) is 113 Å². The molecular formula is C90H92N6O19. The molecule has 2 atom stereocenters. The van der Waals surface area contributed by atoms with Crippen LogP contribution in [0.1, 0.15) is 205 Å². The Morgan fingerprint density at radius 3 is 1.16 bits per heavy atom. The van der Waals surface area contributed by atoms with Crippen LogP contribution in [0.5, 0.6) is 23.0 Å². The number of esters is 2. The Labute approximate surface area is 665 Å². The summed E-state index contributed by atoms with van der Waals surface area (Å²) in [5.41, 5.74) is 9.90. The predicted molar refractivity (Wildman–Crippen MR) is 434 cm³/mol. The molecule has 0 radical (unpaired) electrons. The summed E-state index contributed by atoms with van der Waals surface area (Å²) >= 11 is 0. The molecule has 2 unspecified atom stereocenters. The van der Waals surface area contributed by atoms with Gasteiger partial charge < -0.3 is 61.6 Å². The molecule has 2 aromatic heterocycles. The van der Waals surface area contributed by atoms with Crippen molar-refractivity contribution in [3.05, 3.63) is 202 Å². The summed E-state index contributed by atoms with van der Waals surface area (Å²) < 4.78 is 44.8. The second kappa shape index (κ2) is 38.3. The predicted octanol–water partition coefficient (Wildman–Crippen LogP) is 17.4. The number of aromatic nitrogens is 2. The summed E-state index contributed by atoms with van der Waals surface area (Å²) in [4.78, 5) is 125. The molecule has 2 aliphatic rings. The van der Waals surface area contributed by atoms with Gasteiger partial charge in [-0.05, 0) is 210 Å². The van der Waals surface area contributed by atoms with Gasteiger partial charge in [0.05, 0.1) is 97.9 Å². The molecule has 1 saturated carbocycles. The molecule has 12 rings (SSSR count). The van der Waals surface area contributed by atoms with Crippen LogP contribution in [-0.4, -0.2) is 126 Å². The molecule has 0 spiro atoms. The van der Waals surface area contributed by atoms with Gasteiger partial charge in [-0.3, -0.25) is 19.2 Å². The third-order valence-electron chi connectivity index (χ3n) is 20.2. The van der Waals surface area contributed by atoms with Crippen LogP contribution in [0.2, 0.25) is 0 Å². The Balaban J connectivity index is 0.894. The number of nitrogens with zero attached hydrogens (tertiary/aromatic N) is 6. The Morgan fingerprint density at radius 1 is 0.400 bits per heavy atom. The van der Waals surface area contributed by atoms with Gasteiger partial charge in [-0.2, -0.15) is 0 Å². The number of hydrogen-bond acceptors (Lipinski definition) is 23. The van der Waals surface area contributed by atoms with E-state index in [0.717, 1.165) is 89.9 Å². The maximum absolute atomic E-state index is 15.0. The van der Waals surface area contributed by atoms with Crippen LogP contribution in [0.25, 0.3) is 55.0 Å². The van der Waals surface area contributed by atoms with Crippen molar-refractivity contribution in [2.75, 3.05) is 27.9 Å². The normalized spacial score (nSPS) is 14.6. The van der Waals surface area contributed by atoms with Crippen molar-refractivity contribution in [2.45, 2.75) is 169 Å². The fourth-order valence-corrected chi connectivity index (χ4v) is 14.2. The van der Waals surface area contributed by atoms with Crippen LogP contribution < -0.4 is 18.9 Å². The lowest BCUT2D eigenvalue weighted by atomic mass is 9.97. The number of ketones is 2. The van der Waals surface area contributed by atoms with Crippen molar-refractivity contribution in [3.63, 3.8) is 0 Å². The van der Waals surface area contributed by atoms with Gasteiger partial charge in [0.1, 0.15) is 0 Å². The number of oxime groups is 4. The highest BCUT2D eigenvalue weighted by Gasteiger charge is 2.27. The van der Waals surface area contributed by atoms with Gasteiger partial charge in [0.2, 0.25) is 0 Å². The summed E-state index contributed by atoms with van der Waals surface area (Å²) in [7, 11) is 4.16. The molecule has 2 fully saturated rings. The zero-order valence-electron chi connectivity index (χ0n) is 65.9. The van der Waals surface area contributed by atoms with Gasteiger partial charge in [-0.1, -0.05) is 70.4 Å². The summed E-state index contributed by atoms with van der Waals surface area (Å²) in [5.74, 6) is -2.09. The van der Waals surface area contributed by atoms with Gasteiger partial charge in [0.25, 0.3) is 0 Å². The number of unbranched alkanes of at least 4 members (excludes halogenated alkanes) is 1. The second-order valence-corrected chi connectivity index (χ2v) is 28.3. The van der Waals surface area contributed by atoms with Crippen molar-refractivity contribution in [1.82, 2.24) is 9.13 Å². The number of fused-ring (bicyclic) bond motifs is 6. The van der Waals surface area contributed by atoms with E-state index < -0.39 is 42.1 Å². The number of rotatable bonds is 33. The van der Waals surface area contributed by atoms with Crippen molar-refractivity contribution in [2.24, 2.45) is 20.6 Å². The lowest BCUT2D eigenvalue weighted by molar-refractivity contribution is -0.142. The smallest absolute Gasteiger partial charge is 0.331 e. The number of hydrogen-bond donors (Lipinski definition) is 0. The molecule has 115 heavy (non-hydrogen) atoms. The molecule has 25 nitrogen and oxygen atoms in total. The highest BCUT2D eigenvalue weighted by molar-refractivity contribution is 6.19. The minimum absolute atomic E-state index is 0.00330. The van der Waals surface area contributed by atoms with E-state index in [4.69, 9.17) is 52.5 Å². The number of benzene rings is 8. The fraction of sp³-hybridized carbons (Fsp3) is 0.333. The summed E-state index contributed by atoms with van der Waals surface area (Å²) in [5, 5.41) is 20.0. The van der Waals surface area contributed by atoms with E-state index in [9.17, 15) is 38.4 Å². The zero-order valence-corrected chi connectivity index (χ0v) is 65.9. The van der Waals surface area contributed by atoms with E-state index in [-0.39, 0.29) is 62.3 Å². The maximum atomic E-state index is 15.0. The summed E-state index contributed by atoms with van der Waals surface area (Å²) in [6, 6.07) is 47.8. The molecule has 0 bridgehead atoms. The Bertz CT molecular complexity index is 5450. The van der Waals surface area contributed by atoms with Crippen molar-refractivity contribution in [1.29, 1.82) is 0 Å². The number of carbonyl (C=O) groups excluding carboxylic acids is 8. The van der Waals surface area contributed by atoms with Crippen LogP contribution in [0.4, 0.5) is 0 Å². The Morgan fingerprint density at radius 2 is 0.765 bits per heavy atom. The molecule has 596 valence electrons. The maximum Gasteiger partial charge on any atom is 0.331 e. The quantitative estimate of drug-likeness (QED) is 0.00921. The Hall–Kier alpha value is -12.6. The van der Waals surface area contributed by atoms with Gasteiger partial charge in [0.15, 0.2) is 40.9 Å². The molecule has 0 N–H and O–H groups in total. The van der Waals surface area contributed by atoms with E-state index in [1.165, 1.54) is 41.9 Å². The number of ether oxygens (including phenoxy) is 7. The third kappa shape index (κ3) is 20.2. The average Bonchev–Trinajstić information content (AvgIpc) is 1.59. The molecule has 25 heteroatoms. The zero-order chi connectivity index (χ0) is 81.2. The lowest BCUT2D eigenvalue weighted by Gasteiger charge is -2.25. The molecular weight excluding hydrogens is 1470 g/mol. The second-order valence-electron chi connectivity index (χ2n) is 28.3. The largest absolute Gasteiger partial charge is 0.493 e. The number of methoxy groups -OCH3 is 3. The third-order valence-corrected chi connectivity index (χ3v) is 20.2.